The number of pyridine rings is 1. The summed E-state index contributed by atoms with van der Waals surface area (Å²) in [4.78, 5) is 26.9. The SMILES string of the molecule is COC(=O)C1CN=C2C(C3=CCN(CCc4ccc(OCc5ccc6ccccc6n5)cc4)CC3)c3ccccc3CCN21. The predicted molar refractivity (Wildman–Crippen MR) is 173 cm³/mol. The summed E-state index contributed by atoms with van der Waals surface area (Å²) in [6.45, 7) is 4.65. The van der Waals surface area contributed by atoms with Gasteiger partial charge in [-0.3, -0.25) is 9.89 Å². The van der Waals surface area contributed by atoms with Gasteiger partial charge < -0.3 is 14.4 Å². The molecule has 2 atom stereocenters. The molecule has 7 heteroatoms. The number of aliphatic imine (C=N–C) groups is 1. The quantitative estimate of drug-likeness (QED) is 0.198. The van der Waals surface area contributed by atoms with Crippen molar-refractivity contribution in [2.75, 3.05) is 39.8 Å². The molecule has 0 aliphatic carbocycles. The lowest BCUT2D eigenvalue weighted by molar-refractivity contribution is -0.144. The number of benzene rings is 3. The normalized spacial score (nSPS) is 19.9. The maximum Gasteiger partial charge on any atom is 0.330 e. The van der Waals surface area contributed by atoms with Gasteiger partial charge in [0.15, 0.2) is 0 Å². The molecule has 0 saturated carbocycles. The maximum absolute atomic E-state index is 12.6. The van der Waals surface area contributed by atoms with Gasteiger partial charge in [0.05, 0.1) is 30.8 Å². The molecule has 7 rings (SSSR count). The van der Waals surface area contributed by atoms with Gasteiger partial charge in [0.1, 0.15) is 24.2 Å². The van der Waals surface area contributed by atoms with Gasteiger partial charge in [-0.05, 0) is 60.2 Å². The monoisotopic (exact) mass is 586 g/mol. The lowest BCUT2D eigenvalue weighted by Crippen LogP contribution is -2.45. The van der Waals surface area contributed by atoms with Crippen LogP contribution in [0.15, 0.2) is 102 Å². The average Bonchev–Trinajstić information content (AvgIpc) is 3.42. The molecule has 3 aliphatic rings. The highest BCUT2D eigenvalue weighted by atomic mass is 16.5. The van der Waals surface area contributed by atoms with Crippen LogP contribution in [0.3, 0.4) is 0 Å². The van der Waals surface area contributed by atoms with Crippen molar-refractivity contribution < 1.29 is 14.3 Å². The predicted octanol–water partition coefficient (Wildman–Crippen LogP) is 5.58. The summed E-state index contributed by atoms with van der Waals surface area (Å²) < 4.78 is 11.2. The Hall–Kier alpha value is -4.49. The van der Waals surface area contributed by atoms with Crippen LogP contribution in [0.5, 0.6) is 5.75 Å². The molecule has 3 aromatic carbocycles. The largest absolute Gasteiger partial charge is 0.487 e. The fraction of sp³-hybridized carbons (Fsp3) is 0.324. The van der Waals surface area contributed by atoms with Gasteiger partial charge >= 0.3 is 5.97 Å². The molecule has 4 heterocycles. The standard InChI is InChI=1S/C37H38N4O3/c1-43-37(42)34-24-38-36-35(32-8-4-2-6-27(32)19-23-41(34)36)29-17-21-40(22-18-29)20-16-26-10-14-31(15-11-26)44-25-30-13-12-28-7-3-5-9-33(28)39-30/h2-15,17,34-35H,16,18-25H2,1H3. The Balaban J connectivity index is 0.965. The number of para-hydroxylation sites is 1. The number of methoxy groups -OCH3 is 1. The van der Waals surface area contributed by atoms with E-state index < -0.39 is 0 Å². The molecule has 0 radical (unpaired) electrons. The second-order valence-corrected chi connectivity index (χ2v) is 11.8. The molecule has 0 saturated heterocycles. The van der Waals surface area contributed by atoms with Crippen LogP contribution in [-0.4, -0.2) is 72.5 Å². The van der Waals surface area contributed by atoms with Crippen molar-refractivity contribution in [3.8, 4) is 5.75 Å². The van der Waals surface area contributed by atoms with E-state index in [9.17, 15) is 4.79 Å². The van der Waals surface area contributed by atoms with Crippen LogP contribution in [0, 0.1) is 0 Å². The fourth-order valence-corrected chi connectivity index (χ4v) is 6.76. The Morgan fingerprint density at radius 2 is 1.77 bits per heavy atom. The summed E-state index contributed by atoms with van der Waals surface area (Å²) in [7, 11) is 1.47. The molecule has 7 nitrogen and oxygen atoms in total. The van der Waals surface area contributed by atoms with Gasteiger partial charge in [-0.1, -0.05) is 72.3 Å². The smallest absolute Gasteiger partial charge is 0.330 e. The average molecular weight is 587 g/mol. The van der Waals surface area contributed by atoms with Gasteiger partial charge in [-0.25, -0.2) is 9.78 Å². The van der Waals surface area contributed by atoms with Crippen molar-refractivity contribution >= 4 is 22.7 Å². The van der Waals surface area contributed by atoms with Crippen LogP contribution < -0.4 is 4.74 Å². The second kappa shape index (κ2) is 12.6. The summed E-state index contributed by atoms with van der Waals surface area (Å²) >= 11 is 0. The molecule has 1 aromatic heterocycles. The number of aromatic nitrogens is 1. The number of nitrogens with zero attached hydrogens (tertiary/aromatic N) is 4. The van der Waals surface area contributed by atoms with E-state index in [2.05, 4.69) is 76.5 Å². The van der Waals surface area contributed by atoms with E-state index in [1.165, 1.54) is 29.4 Å². The Kier molecular flexibility index (Phi) is 8.12. The lowest BCUT2D eigenvalue weighted by atomic mass is 9.84. The summed E-state index contributed by atoms with van der Waals surface area (Å²) in [5, 5.41) is 1.14. The molecular formula is C37H38N4O3. The topological polar surface area (TPSA) is 67.3 Å². The van der Waals surface area contributed by atoms with Crippen molar-refractivity contribution in [1.82, 2.24) is 14.8 Å². The Bertz CT molecular complexity index is 1710. The van der Waals surface area contributed by atoms with Crippen LogP contribution in [0.25, 0.3) is 10.9 Å². The van der Waals surface area contributed by atoms with Crippen molar-refractivity contribution in [2.45, 2.75) is 37.8 Å². The number of rotatable bonds is 8. The van der Waals surface area contributed by atoms with Crippen molar-refractivity contribution in [1.29, 1.82) is 0 Å². The minimum Gasteiger partial charge on any atom is -0.487 e. The summed E-state index contributed by atoms with van der Waals surface area (Å²) in [5.74, 6) is 1.79. The molecule has 224 valence electrons. The summed E-state index contributed by atoms with van der Waals surface area (Å²) in [6.07, 6.45) is 5.29. The minimum absolute atomic E-state index is 0.0999. The number of hydrogen-bond donors (Lipinski definition) is 0. The highest BCUT2D eigenvalue weighted by Crippen LogP contribution is 2.38. The second-order valence-electron chi connectivity index (χ2n) is 11.8. The Morgan fingerprint density at radius 3 is 2.61 bits per heavy atom. The van der Waals surface area contributed by atoms with E-state index in [0.717, 1.165) is 73.6 Å². The van der Waals surface area contributed by atoms with E-state index >= 15 is 0 Å². The molecule has 2 unspecified atom stereocenters. The Labute approximate surface area is 258 Å². The van der Waals surface area contributed by atoms with E-state index in [-0.39, 0.29) is 17.9 Å². The number of amidine groups is 1. The highest BCUT2D eigenvalue weighted by Gasteiger charge is 2.41. The summed E-state index contributed by atoms with van der Waals surface area (Å²) in [5.41, 5.74) is 7.31. The zero-order valence-corrected chi connectivity index (χ0v) is 25.2. The van der Waals surface area contributed by atoms with Gasteiger partial charge in [0, 0.05) is 31.6 Å². The lowest BCUT2D eigenvalue weighted by Gasteiger charge is -2.33. The number of fused-ring (bicyclic) bond motifs is 3. The molecular weight excluding hydrogens is 548 g/mol. The minimum atomic E-state index is -0.320. The molecule has 44 heavy (non-hydrogen) atoms. The van der Waals surface area contributed by atoms with Crippen LogP contribution in [0.4, 0.5) is 0 Å². The van der Waals surface area contributed by atoms with Crippen molar-refractivity contribution in [2.24, 2.45) is 4.99 Å². The van der Waals surface area contributed by atoms with Gasteiger partial charge in [0.25, 0.3) is 0 Å². The number of carbonyl (C=O) groups excluding carboxylic acids is 1. The van der Waals surface area contributed by atoms with Crippen LogP contribution in [0.1, 0.15) is 34.7 Å². The first-order chi connectivity index (χ1) is 21.7. The summed E-state index contributed by atoms with van der Waals surface area (Å²) in [6, 6.07) is 29.1. The van der Waals surface area contributed by atoms with E-state index in [1.54, 1.807) is 0 Å². The van der Waals surface area contributed by atoms with Crippen LogP contribution in [0.2, 0.25) is 0 Å². The third kappa shape index (κ3) is 5.84. The first-order valence-corrected chi connectivity index (χ1v) is 15.6. The molecule has 0 bridgehead atoms. The first kappa shape index (κ1) is 28.3. The van der Waals surface area contributed by atoms with Crippen LogP contribution >= 0.6 is 0 Å². The molecule has 0 N–H and O–H groups in total. The molecule has 3 aliphatic heterocycles. The highest BCUT2D eigenvalue weighted by molar-refractivity contribution is 5.98. The zero-order valence-electron chi connectivity index (χ0n) is 25.2. The maximum atomic E-state index is 12.6. The number of carbonyl (C=O) groups is 1. The van der Waals surface area contributed by atoms with Crippen LogP contribution in [-0.2, 0) is 29.0 Å². The number of ether oxygens (including phenoxy) is 2. The van der Waals surface area contributed by atoms with Gasteiger partial charge in [-0.2, -0.15) is 0 Å². The van der Waals surface area contributed by atoms with Gasteiger partial charge in [-0.15, -0.1) is 0 Å². The number of esters is 1. The molecule has 4 aromatic rings. The number of hydrogen-bond acceptors (Lipinski definition) is 7. The molecule has 0 amide bonds. The van der Waals surface area contributed by atoms with Gasteiger partial charge in [0.2, 0.25) is 0 Å². The third-order valence-electron chi connectivity index (χ3n) is 9.20. The van der Waals surface area contributed by atoms with Crippen molar-refractivity contribution in [3.05, 3.63) is 119 Å². The molecule has 0 fully saturated rings. The van der Waals surface area contributed by atoms with E-state index in [4.69, 9.17) is 19.5 Å². The fourth-order valence-electron chi connectivity index (χ4n) is 6.76. The van der Waals surface area contributed by atoms with E-state index in [0.29, 0.717) is 13.2 Å². The molecule has 0 spiro atoms. The first-order valence-electron chi connectivity index (χ1n) is 15.6. The third-order valence-corrected chi connectivity index (χ3v) is 9.20. The van der Waals surface area contributed by atoms with Crippen molar-refractivity contribution in [3.63, 3.8) is 0 Å². The Morgan fingerprint density at radius 1 is 0.932 bits per heavy atom. The zero-order chi connectivity index (χ0) is 29.9. The van der Waals surface area contributed by atoms with E-state index in [1.807, 2.05) is 24.3 Å².